The maximum Gasteiger partial charge on any atom is 0.421 e. The number of nitrogens with zero attached hydrogens (tertiary/aromatic N) is 2. The number of hydrogen-bond donors (Lipinski definition) is 1. The smallest absolute Gasteiger partial charge is 0.421 e. The van der Waals surface area contributed by atoms with Gasteiger partial charge in [-0.25, -0.2) is 9.78 Å². The third-order valence-electron chi connectivity index (χ3n) is 4.98. The number of aromatic nitrogens is 1. The quantitative estimate of drug-likeness (QED) is 0.503. The molecule has 0 bridgehead atoms. The largest absolute Gasteiger partial charge is 0.464 e. The van der Waals surface area contributed by atoms with E-state index in [1.165, 1.54) is 0 Å². The highest BCUT2D eigenvalue weighted by Gasteiger charge is 2.43. The lowest BCUT2D eigenvalue weighted by molar-refractivity contribution is -0.125. The monoisotopic (exact) mass is 418 g/mol. The summed E-state index contributed by atoms with van der Waals surface area (Å²) in [6.07, 6.45) is -1.32. The van der Waals surface area contributed by atoms with Gasteiger partial charge in [0.15, 0.2) is 5.58 Å². The first-order chi connectivity index (χ1) is 14.5. The van der Waals surface area contributed by atoms with Crippen molar-refractivity contribution < 1.29 is 23.9 Å². The summed E-state index contributed by atoms with van der Waals surface area (Å²) >= 11 is 0.726. The molecule has 0 radical (unpaired) electrons. The Morgan fingerprint density at radius 2 is 1.87 bits per heavy atom. The minimum Gasteiger partial charge on any atom is -0.464 e. The van der Waals surface area contributed by atoms with Crippen LogP contribution in [0.1, 0.15) is 5.56 Å². The predicted octanol–water partition coefficient (Wildman–Crippen LogP) is 4.93. The van der Waals surface area contributed by atoms with E-state index in [4.69, 9.17) is 9.52 Å². The molecule has 1 aromatic heterocycles. The summed E-state index contributed by atoms with van der Waals surface area (Å²) in [4.78, 5) is 39.8. The molecule has 8 heteroatoms. The van der Waals surface area contributed by atoms with Crippen molar-refractivity contribution in [3.05, 3.63) is 66.2 Å². The molecule has 1 fully saturated rings. The van der Waals surface area contributed by atoms with Crippen molar-refractivity contribution in [1.82, 2.24) is 9.88 Å². The molecule has 148 valence electrons. The molecular formula is C22H14N2O5S. The highest BCUT2D eigenvalue weighted by Crippen LogP contribution is 2.31. The van der Waals surface area contributed by atoms with Crippen LogP contribution in [-0.2, 0) is 11.2 Å². The molecular weight excluding hydrogens is 404 g/mol. The number of benzene rings is 3. The number of fused-ring (bicyclic) bond motifs is 2. The Bertz CT molecular complexity index is 1350. The minimum atomic E-state index is -1.55. The molecule has 0 saturated carbocycles. The number of carboxylic acid groups (broad SMARTS) is 1. The Labute approximate surface area is 174 Å². The second kappa shape index (κ2) is 7.00. The van der Waals surface area contributed by atoms with E-state index < -0.39 is 22.5 Å². The van der Waals surface area contributed by atoms with Gasteiger partial charge >= 0.3 is 6.09 Å². The SMILES string of the molecule is O=C(O)N1C(=O)SC(Cc2ccc3oc(-c4ccc5ccccc5c4)nc3c2)C1=O. The summed E-state index contributed by atoms with van der Waals surface area (Å²) in [6, 6.07) is 19.4. The number of carbonyl (C=O) groups excluding carboxylic acids is 2. The van der Waals surface area contributed by atoms with E-state index in [9.17, 15) is 14.4 Å². The molecule has 30 heavy (non-hydrogen) atoms. The number of amides is 3. The molecule has 1 N–H and O–H groups in total. The second-order valence-corrected chi connectivity index (χ2v) is 8.07. The first-order valence-electron chi connectivity index (χ1n) is 9.16. The van der Waals surface area contributed by atoms with Crippen LogP contribution in [0.15, 0.2) is 65.1 Å². The molecule has 1 aliphatic rings. The van der Waals surface area contributed by atoms with Crippen LogP contribution in [0.25, 0.3) is 33.3 Å². The molecule has 1 unspecified atom stereocenters. The predicted molar refractivity (Wildman–Crippen MR) is 112 cm³/mol. The molecule has 4 aromatic rings. The van der Waals surface area contributed by atoms with E-state index in [2.05, 4.69) is 4.98 Å². The van der Waals surface area contributed by atoms with Gasteiger partial charge in [0.05, 0.1) is 5.25 Å². The maximum absolute atomic E-state index is 12.2. The third kappa shape index (κ3) is 3.11. The van der Waals surface area contributed by atoms with Crippen LogP contribution < -0.4 is 0 Å². The summed E-state index contributed by atoms with van der Waals surface area (Å²) in [6.45, 7) is 0. The van der Waals surface area contributed by atoms with Crippen LogP contribution in [0.4, 0.5) is 9.59 Å². The van der Waals surface area contributed by atoms with E-state index in [1.54, 1.807) is 18.2 Å². The molecule has 1 atom stereocenters. The summed E-state index contributed by atoms with van der Waals surface area (Å²) in [7, 11) is 0. The minimum absolute atomic E-state index is 0.229. The molecule has 7 nitrogen and oxygen atoms in total. The molecule has 3 aromatic carbocycles. The summed E-state index contributed by atoms with van der Waals surface area (Å²) in [5.41, 5.74) is 2.87. The number of rotatable bonds is 3. The zero-order valence-electron chi connectivity index (χ0n) is 15.4. The third-order valence-corrected chi connectivity index (χ3v) is 6.02. The number of hydrogen-bond acceptors (Lipinski definition) is 6. The Morgan fingerprint density at radius 3 is 2.63 bits per heavy atom. The summed E-state index contributed by atoms with van der Waals surface area (Å²) in [5, 5.41) is 9.69. The molecule has 0 spiro atoms. The van der Waals surface area contributed by atoms with Crippen LogP contribution in [0.3, 0.4) is 0 Å². The van der Waals surface area contributed by atoms with Crippen molar-refractivity contribution in [2.75, 3.05) is 0 Å². The van der Waals surface area contributed by atoms with Crippen LogP contribution >= 0.6 is 11.8 Å². The van der Waals surface area contributed by atoms with Gasteiger partial charge in [-0.05, 0) is 58.8 Å². The van der Waals surface area contributed by atoms with Crippen LogP contribution in [-0.4, -0.2) is 37.5 Å². The van der Waals surface area contributed by atoms with Crippen LogP contribution in [0.5, 0.6) is 0 Å². The first kappa shape index (κ1) is 18.4. The number of imide groups is 3. The fourth-order valence-corrected chi connectivity index (χ4v) is 4.52. The lowest BCUT2D eigenvalue weighted by Crippen LogP contribution is -2.36. The van der Waals surface area contributed by atoms with Gasteiger partial charge in [-0.1, -0.05) is 36.4 Å². The van der Waals surface area contributed by atoms with Gasteiger partial charge in [-0.15, -0.1) is 0 Å². The fraction of sp³-hybridized carbons (Fsp3) is 0.0909. The van der Waals surface area contributed by atoms with Crippen LogP contribution in [0.2, 0.25) is 0 Å². The summed E-state index contributed by atoms with van der Waals surface area (Å²) < 4.78 is 5.89. The zero-order valence-corrected chi connectivity index (χ0v) is 16.3. The molecule has 1 aliphatic heterocycles. The van der Waals surface area contributed by atoms with Crippen molar-refractivity contribution in [2.24, 2.45) is 0 Å². The van der Waals surface area contributed by atoms with Gasteiger partial charge in [0.2, 0.25) is 5.89 Å². The first-order valence-corrected chi connectivity index (χ1v) is 10.0. The van der Waals surface area contributed by atoms with Crippen molar-refractivity contribution in [3.63, 3.8) is 0 Å². The van der Waals surface area contributed by atoms with E-state index in [1.807, 2.05) is 42.5 Å². The lowest BCUT2D eigenvalue weighted by Gasteiger charge is -2.07. The molecule has 5 rings (SSSR count). The van der Waals surface area contributed by atoms with Gasteiger partial charge in [-0.3, -0.25) is 9.59 Å². The number of carbonyl (C=O) groups is 3. The highest BCUT2D eigenvalue weighted by atomic mass is 32.2. The highest BCUT2D eigenvalue weighted by molar-refractivity contribution is 8.15. The maximum atomic E-state index is 12.2. The van der Waals surface area contributed by atoms with E-state index >= 15 is 0 Å². The molecule has 0 aliphatic carbocycles. The molecule has 1 saturated heterocycles. The van der Waals surface area contributed by atoms with Gasteiger partial charge in [0.1, 0.15) is 5.52 Å². The van der Waals surface area contributed by atoms with Gasteiger partial charge in [-0.2, -0.15) is 4.90 Å². The van der Waals surface area contributed by atoms with E-state index in [-0.39, 0.29) is 11.3 Å². The van der Waals surface area contributed by atoms with E-state index in [0.29, 0.717) is 17.0 Å². The fourth-order valence-electron chi connectivity index (χ4n) is 3.52. The van der Waals surface area contributed by atoms with Gasteiger partial charge in [0, 0.05) is 5.56 Å². The standard InChI is InChI=1S/C22H14N2O5S/c25-20-18(30-22(28)24(20)21(26)27)10-12-5-8-17-16(9-12)23-19(29-17)15-7-6-13-3-1-2-4-14(13)11-15/h1-9,11,18H,10H2,(H,26,27). The van der Waals surface area contributed by atoms with E-state index in [0.717, 1.165) is 33.7 Å². The lowest BCUT2D eigenvalue weighted by atomic mass is 10.1. The Morgan fingerprint density at radius 1 is 1.07 bits per heavy atom. The zero-order chi connectivity index (χ0) is 20.8. The summed E-state index contributed by atoms with van der Waals surface area (Å²) in [5.74, 6) is -0.221. The number of thioether (sulfide) groups is 1. The van der Waals surface area contributed by atoms with Gasteiger partial charge < -0.3 is 9.52 Å². The van der Waals surface area contributed by atoms with Crippen molar-refractivity contribution in [2.45, 2.75) is 11.7 Å². The van der Waals surface area contributed by atoms with Gasteiger partial charge in [0.25, 0.3) is 11.1 Å². The molecule has 3 amide bonds. The Balaban J connectivity index is 1.43. The van der Waals surface area contributed by atoms with Crippen molar-refractivity contribution in [3.8, 4) is 11.5 Å². The Hall–Kier alpha value is -3.65. The Kier molecular flexibility index (Phi) is 4.29. The number of oxazole rings is 1. The molecule has 2 heterocycles. The van der Waals surface area contributed by atoms with Crippen LogP contribution in [0, 0.1) is 0 Å². The average molecular weight is 418 g/mol. The second-order valence-electron chi connectivity index (χ2n) is 6.92. The van der Waals surface area contributed by atoms with Crippen molar-refractivity contribution >= 4 is 50.9 Å². The van der Waals surface area contributed by atoms with Crippen molar-refractivity contribution in [1.29, 1.82) is 0 Å². The normalized spacial score (nSPS) is 16.7. The average Bonchev–Trinajstić information content (AvgIpc) is 3.27. The topological polar surface area (TPSA) is 101 Å².